The van der Waals surface area contributed by atoms with Gasteiger partial charge in [-0.2, -0.15) is 5.10 Å². The Kier molecular flexibility index (Phi) is 4.53. The predicted molar refractivity (Wildman–Crippen MR) is 70.4 cm³/mol. The van der Waals surface area contributed by atoms with Crippen LogP contribution in [0.5, 0.6) is 0 Å². The topological polar surface area (TPSA) is 46.1 Å². The van der Waals surface area contributed by atoms with E-state index < -0.39 is 0 Å². The first-order valence-electron chi connectivity index (χ1n) is 6.42. The zero-order valence-corrected chi connectivity index (χ0v) is 11.4. The van der Waals surface area contributed by atoms with E-state index in [4.69, 9.17) is 11.6 Å². The van der Waals surface area contributed by atoms with E-state index in [9.17, 15) is 4.79 Å². The summed E-state index contributed by atoms with van der Waals surface area (Å²) in [5, 5.41) is 8.30. The fraction of sp³-hybridized carbons (Fsp3) is 0.615. The Labute approximate surface area is 112 Å². The normalized spacial score (nSPS) is 19.9. The number of nitrogens with zero attached hydrogens (tertiary/aromatic N) is 3. The fourth-order valence-electron chi connectivity index (χ4n) is 2.51. The van der Waals surface area contributed by atoms with Gasteiger partial charge in [0.2, 0.25) is 5.91 Å². The number of hydrogen-bond acceptors (Lipinski definition) is 3. The summed E-state index contributed by atoms with van der Waals surface area (Å²) in [5.74, 6) is 0.182. The molecule has 0 aliphatic carbocycles. The van der Waals surface area contributed by atoms with Crippen LogP contribution in [0.3, 0.4) is 0 Å². The molecule has 1 fully saturated rings. The summed E-state index contributed by atoms with van der Waals surface area (Å²) < 4.78 is 0. The van der Waals surface area contributed by atoms with Crippen molar-refractivity contribution in [2.24, 2.45) is 0 Å². The van der Waals surface area contributed by atoms with Crippen LogP contribution in [-0.2, 0) is 11.2 Å². The van der Waals surface area contributed by atoms with Crippen LogP contribution >= 0.6 is 11.6 Å². The van der Waals surface area contributed by atoms with Crippen LogP contribution < -0.4 is 0 Å². The average Bonchev–Trinajstić information content (AvgIpc) is 2.38. The van der Waals surface area contributed by atoms with Gasteiger partial charge in [0.15, 0.2) is 5.15 Å². The van der Waals surface area contributed by atoms with E-state index in [2.05, 4.69) is 10.2 Å². The molecule has 1 aliphatic rings. The Morgan fingerprint density at radius 3 is 2.94 bits per heavy atom. The van der Waals surface area contributed by atoms with Crippen molar-refractivity contribution in [1.82, 2.24) is 15.1 Å². The maximum absolute atomic E-state index is 11.5. The van der Waals surface area contributed by atoms with Crippen molar-refractivity contribution < 1.29 is 4.79 Å². The minimum absolute atomic E-state index is 0.182. The first-order valence-corrected chi connectivity index (χ1v) is 6.80. The number of rotatable bonds is 3. The van der Waals surface area contributed by atoms with Crippen LogP contribution in [0, 0.1) is 0 Å². The average molecular weight is 268 g/mol. The maximum atomic E-state index is 11.5. The minimum Gasteiger partial charge on any atom is -0.340 e. The monoisotopic (exact) mass is 267 g/mol. The van der Waals surface area contributed by atoms with E-state index in [1.807, 2.05) is 11.0 Å². The summed E-state index contributed by atoms with van der Waals surface area (Å²) in [7, 11) is 0. The first-order chi connectivity index (χ1) is 8.66. The lowest BCUT2D eigenvalue weighted by Crippen LogP contribution is -2.42. The number of carbonyl (C=O) groups is 1. The van der Waals surface area contributed by atoms with E-state index in [-0.39, 0.29) is 5.91 Å². The summed E-state index contributed by atoms with van der Waals surface area (Å²) in [6, 6.07) is 4.01. The van der Waals surface area contributed by atoms with Gasteiger partial charge in [-0.25, -0.2) is 0 Å². The molecule has 0 unspecified atom stereocenters. The largest absolute Gasteiger partial charge is 0.340 e. The van der Waals surface area contributed by atoms with Gasteiger partial charge in [-0.3, -0.25) is 4.79 Å². The molecular weight excluding hydrogens is 250 g/mol. The molecular formula is C13H18ClN3O. The first kappa shape index (κ1) is 13.3. The van der Waals surface area contributed by atoms with Gasteiger partial charge >= 0.3 is 0 Å². The molecule has 1 saturated heterocycles. The molecule has 1 aliphatic heterocycles. The molecule has 18 heavy (non-hydrogen) atoms. The number of aromatic nitrogens is 2. The van der Waals surface area contributed by atoms with E-state index in [0.29, 0.717) is 11.2 Å². The molecule has 1 amide bonds. The molecule has 0 spiro atoms. The SMILES string of the molecule is CC(=O)N1CCCC[C@H]1CCc1ccc(Cl)nn1. The minimum atomic E-state index is 0.182. The molecule has 5 heteroatoms. The van der Waals surface area contributed by atoms with Crippen LogP contribution in [0.4, 0.5) is 0 Å². The zero-order chi connectivity index (χ0) is 13.0. The second kappa shape index (κ2) is 6.14. The third kappa shape index (κ3) is 3.42. The van der Waals surface area contributed by atoms with Gasteiger partial charge in [-0.1, -0.05) is 11.6 Å². The molecule has 2 rings (SSSR count). The van der Waals surface area contributed by atoms with Crippen molar-refractivity contribution in [1.29, 1.82) is 0 Å². The van der Waals surface area contributed by atoms with Crippen molar-refractivity contribution in [3.05, 3.63) is 23.0 Å². The molecule has 1 aromatic rings. The molecule has 2 heterocycles. The quantitative estimate of drug-likeness (QED) is 0.845. The number of aryl methyl sites for hydroxylation is 1. The van der Waals surface area contributed by atoms with Crippen molar-refractivity contribution in [3.8, 4) is 0 Å². The van der Waals surface area contributed by atoms with Crippen LogP contribution in [0.1, 0.15) is 38.3 Å². The van der Waals surface area contributed by atoms with Gasteiger partial charge in [0, 0.05) is 19.5 Å². The fourth-order valence-corrected chi connectivity index (χ4v) is 2.61. The molecule has 0 saturated carbocycles. The summed E-state index contributed by atoms with van der Waals surface area (Å²) >= 11 is 5.70. The van der Waals surface area contributed by atoms with Crippen molar-refractivity contribution in [3.63, 3.8) is 0 Å². The van der Waals surface area contributed by atoms with Crippen LogP contribution in [0.15, 0.2) is 12.1 Å². The van der Waals surface area contributed by atoms with Gasteiger partial charge < -0.3 is 4.90 Å². The molecule has 1 aromatic heterocycles. The second-order valence-corrected chi connectivity index (χ2v) is 5.14. The molecule has 1 atom stereocenters. The number of carbonyl (C=O) groups excluding carboxylic acids is 1. The summed E-state index contributed by atoms with van der Waals surface area (Å²) in [4.78, 5) is 13.5. The third-order valence-corrected chi connectivity index (χ3v) is 3.65. The summed E-state index contributed by atoms with van der Waals surface area (Å²) in [5.41, 5.74) is 0.938. The standard InChI is InChI=1S/C13H18ClN3O/c1-10(18)17-9-3-2-4-12(17)7-5-11-6-8-13(14)16-15-11/h6,8,12H,2-5,7,9H2,1H3/t12-/m0/s1. The third-order valence-electron chi connectivity index (χ3n) is 3.45. The van der Waals surface area contributed by atoms with Gasteiger partial charge in [0.25, 0.3) is 0 Å². The van der Waals surface area contributed by atoms with Crippen LogP contribution in [-0.4, -0.2) is 33.6 Å². The van der Waals surface area contributed by atoms with Gasteiger partial charge in [0.1, 0.15) is 0 Å². The molecule has 0 aromatic carbocycles. The zero-order valence-electron chi connectivity index (χ0n) is 10.6. The van der Waals surface area contributed by atoms with E-state index >= 15 is 0 Å². The Hall–Kier alpha value is -1.16. The number of hydrogen-bond donors (Lipinski definition) is 0. The highest BCUT2D eigenvalue weighted by Crippen LogP contribution is 2.21. The lowest BCUT2D eigenvalue weighted by molar-refractivity contribution is -0.132. The summed E-state index contributed by atoms with van der Waals surface area (Å²) in [6.45, 7) is 2.55. The second-order valence-electron chi connectivity index (χ2n) is 4.75. The summed E-state index contributed by atoms with van der Waals surface area (Å²) in [6.07, 6.45) is 5.23. The maximum Gasteiger partial charge on any atom is 0.219 e. The van der Waals surface area contributed by atoms with Crippen LogP contribution in [0.2, 0.25) is 5.15 Å². The molecule has 0 bridgehead atoms. The molecule has 0 radical (unpaired) electrons. The Morgan fingerprint density at radius 1 is 1.44 bits per heavy atom. The highest BCUT2D eigenvalue weighted by atomic mass is 35.5. The lowest BCUT2D eigenvalue weighted by Gasteiger charge is -2.35. The Morgan fingerprint density at radius 2 is 2.28 bits per heavy atom. The highest BCUT2D eigenvalue weighted by Gasteiger charge is 2.23. The smallest absolute Gasteiger partial charge is 0.219 e. The van der Waals surface area contributed by atoms with Crippen LogP contribution in [0.25, 0.3) is 0 Å². The number of piperidine rings is 1. The lowest BCUT2D eigenvalue weighted by atomic mass is 9.97. The number of amides is 1. The highest BCUT2D eigenvalue weighted by molar-refractivity contribution is 6.29. The van der Waals surface area contributed by atoms with E-state index in [1.165, 1.54) is 6.42 Å². The molecule has 4 nitrogen and oxygen atoms in total. The molecule has 98 valence electrons. The van der Waals surface area contributed by atoms with Crippen molar-refractivity contribution >= 4 is 17.5 Å². The number of likely N-dealkylation sites (tertiary alicyclic amines) is 1. The van der Waals surface area contributed by atoms with Gasteiger partial charge in [-0.05, 0) is 44.2 Å². The van der Waals surface area contributed by atoms with Gasteiger partial charge in [0.05, 0.1) is 5.69 Å². The van der Waals surface area contributed by atoms with Crippen molar-refractivity contribution in [2.75, 3.05) is 6.54 Å². The number of halogens is 1. The van der Waals surface area contributed by atoms with Crippen molar-refractivity contribution in [2.45, 2.75) is 45.1 Å². The Bertz CT molecular complexity index is 407. The molecule has 0 N–H and O–H groups in total. The van der Waals surface area contributed by atoms with E-state index in [1.54, 1.807) is 13.0 Å². The predicted octanol–water partition coefficient (Wildman–Crippen LogP) is 2.46. The van der Waals surface area contributed by atoms with E-state index in [0.717, 1.165) is 37.9 Å². The van der Waals surface area contributed by atoms with Gasteiger partial charge in [-0.15, -0.1) is 5.10 Å². The Balaban J connectivity index is 1.91.